The molecule has 0 aliphatic carbocycles. The second-order valence-corrected chi connectivity index (χ2v) is 22.9. The van der Waals surface area contributed by atoms with E-state index in [0.717, 1.165) is 33.7 Å². The molecule has 7 aromatic carbocycles. The number of nitrogens with zero attached hydrogens (tertiary/aromatic N) is 4. The molecule has 0 amide bonds. The summed E-state index contributed by atoms with van der Waals surface area (Å²) in [5.41, 5.74) is 18.7. The Kier molecular flexibility index (Phi) is 10.7. The van der Waals surface area contributed by atoms with Gasteiger partial charge in [0.1, 0.15) is 17.3 Å². The second-order valence-electron chi connectivity index (χ2n) is 22.9. The number of pyridine rings is 1. The van der Waals surface area contributed by atoms with Gasteiger partial charge in [0, 0.05) is 59.4 Å². The Morgan fingerprint density at radius 2 is 1.09 bits per heavy atom. The number of hydrogen-bond donors (Lipinski definition) is 0. The van der Waals surface area contributed by atoms with Crippen LogP contribution in [-0.4, -0.2) is 9.55 Å². The number of quaternary nitrogens is 2. The number of aromatic nitrogens is 2. The van der Waals surface area contributed by atoms with Gasteiger partial charge < -0.3 is 4.74 Å². The molecule has 1 unspecified atom stereocenters. The van der Waals surface area contributed by atoms with Crippen LogP contribution in [0.4, 0.5) is 22.7 Å². The van der Waals surface area contributed by atoms with Gasteiger partial charge in [-0.15, -0.1) is 0 Å². The van der Waals surface area contributed by atoms with Crippen molar-refractivity contribution in [3.05, 3.63) is 198 Å². The molecule has 1 saturated heterocycles. The molecule has 1 fully saturated rings. The summed E-state index contributed by atoms with van der Waals surface area (Å²) in [4.78, 5) is 4.98. The number of benzene rings is 7. The summed E-state index contributed by atoms with van der Waals surface area (Å²) in [6.45, 7) is 30.3. The van der Waals surface area contributed by atoms with Crippen LogP contribution in [0.25, 0.3) is 49.9 Å². The van der Waals surface area contributed by atoms with Crippen LogP contribution in [0.3, 0.4) is 0 Å². The van der Waals surface area contributed by atoms with Gasteiger partial charge in [0.25, 0.3) is 0 Å². The minimum atomic E-state index is -0.0598. The number of rotatable bonds is 10. The molecule has 0 spiro atoms. The Bertz CT molecular complexity index is 3480. The molecule has 9 aromatic rings. The molecule has 2 aromatic heterocycles. The monoisotopic (exact) mass is 920 g/mol. The predicted octanol–water partition coefficient (Wildman–Crippen LogP) is 18.6. The van der Waals surface area contributed by atoms with Crippen molar-refractivity contribution in [2.24, 2.45) is 0 Å². The van der Waals surface area contributed by atoms with Crippen molar-refractivity contribution >= 4 is 44.6 Å². The minimum absolute atomic E-state index is 0.0265. The van der Waals surface area contributed by atoms with Gasteiger partial charge in [0.2, 0.25) is 11.4 Å². The summed E-state index contributed by atoms with van der Waals surface area (Å²) in [6, 6.07) is 58.8. The topological polar surface area (TPSA) is 27.1 Å². The number of para-hydroxylation sites is 3. The van der Waals surface area contributed by atoms with Crippen molar-refractivity contribution < 1.29 is 4.74 Å². The summed E-state index contributed by atoms with van der Waals surface area (Å²) in [5, 5.41) is 2.35. The third-order valence-electron chi connectivity index (χ3n) is 15.1. The van der Waals surface area contributed by atoms with Gasteiger partial charge in [0.15, 0.2) is 18.0 Å². The molecule has 2 aliphatic heterocycles. The lowest BCUT2D eigenvalue weighted by molar-refractivity contribution is 0.423. The maximum atomic E-state index is 7.30. The molecule has 0 N–H and O–H groups in total. The Hall–Kier alpha value is -6.79. The SMILES string of the molecule is CC(C)c1cc(C(C)C)c(-c2cc(Oc3ccc4c5ccccc5n(-c5cc(C(C)(C)C)ccn5)c4c3)cc([N+]34[CH-][N@+]3(c3cc(-c5ccccc5)cc(C(C)(C)C)c3)c3ccccc34)c2)c(C(C)C)c1. The summed E-state index contributed by atoms with van der Waals surface area (Å²) < 4.78 is 10.8. The van der Waals surface area contributed by atoms with Gasteiger partial charge in [-0.2, -0.15) is 9.18 Å². The van der Waals surface area contributed by atoms with E-state index in [9.17, 15) is 0 Å². The van der Waals surface area contributed by atoms with E-state index < -0.39 is 0 Å². The van der Waals surface area contributed by atoms with Crippen molar-refractivity contribution in [2.75, 3.05) is 0 Å². The van der Waals surface area contributed by atoms with Crippen LogP contribution in [0.2, 0.25) is 0 Å². The number of fused-ring (bicyclic) bond motifs is 7. The van der Waals surface area contributed by atoms with E-state index in [1.807, 2.05) is 6.20 Å². The largest absolute Gasteiger partial charge is 0.457 e. The third-order valence-corrected chi connectivity index (χ3v) is 15.1. The predicted molar refractivity (Wildman–Crippen MR) is 296 cm³/mol. The Balaban J connectivity index is 1.14. The van der Waals surface area contributed by atoms with E-state index in [-0.39, 0.29) is 10.8 Å². The average Bonchev–Trinajstić information content (AvgIpc) is 3.83. The van der Waals surface area contributed by atoms with Crippen LogP contribution in [0.15, 0.2) is 164 Å². The lowest BCUT2D eigenvalue weighted by Gasteiger charge is -2.40. The lowest BCUT2D eigenvalue weighted by Crippen LogP contribution is -2.46. The number of hydrogen-bond acceptors (Lipinski definition) is 2. The lowest BCUT2D eigenvalue weighted by atomic mass is 9.81. The second kappa shape index (κ2) is 16.4. The van der Waals surface area contributed by atoms with E-state index in [4.69, 9.17) is 9.72 Å². The van der Waals surface area contributed by atoms with Crippen LogP contribution < -0.4 is 13.9 Å². The Morgan fingerprint density at radius 3 is 1.73 bits per heavy atom. The maximum Gasteiger partial charge on any atom is 0.225 e. The van der Waals surface area contributed by atoms with Crippen LogP contribution in [-0.2, 0) is 10.8 Å². The first-order valence-corrected chi connectivity index (χ1v) is 25.4. The van der Waals surface area contributed by atoms with Crippen LogP contribution in [0.1, 0.15) is 129 Å². The zero-order valence-electron chi connectivity index (χ0n) is 43.1. The molecular formula is C65H67N4O+. The first kappa shape index (κ1) is 45.6. The van der Waals surface area contributed by atoms with E-state index in [1.165, 1.54) is 78.2 Å². The highest BCUT2D eigenvalue weighted by atomic mass is 16.5. The normalized spacial score (nSPS) is 17.6. The zero-order valence-corrected chi connectivity index (χ0v) is 43.1. The van der Waals surface area contributed by atoms with E-state index in [2.05, 4.69) is 252 Å². The van der Waals surface area contributed by atoms with Crippen LogP contribution in [0.5, 0.6) is 11.5 Å². The van der Waals surface area contributed by atoms with Gasteiger partial charge >= 0.3 is 0 Å². The average molecular weight is 920 g/mol. The smallest absolute Gasteiger partial charge is 0.225 e. The van der Waals surface area contributed by atoms with Crippen LogP contribution >= 0.6 is 0 Å². The first-order valence-electron chi connectivity index (χ1n) is 25.4. The van der Waals surface area contributed by atoms with Crippen molar-refractivity contribution in [1.29, 1.82) is 0 Å². The summed E-state index contributed by atoms with van der Waals surface area (Å²) >= 11 is 0. The molecule has 0 radical (unpaired) electrons. The molecule has 4 heterocycles. The molecule has 352 valence electrons. The summed E-state index contributed by atoms with van der Waals surface area (Å²) in [6.07, 6.45) is 1.94. The number of ether oxygens (including phenoxy) is 1. The van der Waals surface area contributed by atoms with Gasteiger partial charge in [0.05, 0.1) is 11.0 Å². The Labute approximate surface area is 415 Å². The standard InChI is InChI=1S/C65H67N4O/c1-41(2)45-34-56(42(3)4)63(57(35-45)43(5)6)47-32-51(69-40-68(69,60-24-18-19-25-61(60)69)50-31-46(44-20-14-13-15-21-44)30-49(36-50)65(10,11)12)38-53(33-47)70-52-26-27-55-54-22-16-17-23-58(54)67(59(55)39-52)62-37-48(28-29-66-62)64(7,8)9/h13-43H,1-12H3/q+1/t68-,69?/m0/s1. The van der Waals surface area contributed by atoms with Crippen molar-refractivity contribution in [1.82, 2.24) is 18.7 Å². The molecule has 11 rings (SSSR count). The molecule has 2 aliphatic rings. The van der Waals surface area contributed by atoms with Gasteiger partial charge in [-0.1, -0.05) is 162 Å². The summed E-state index contributed by atoms with van der Waals surface area (Å²) in [7, 11) is 0. The highest BCUT2D eigenvalue weighted by Gasteiger charge is 2.78. The van der Waals surface area contributed by atoms with Crippen molar-refractivity contribution in [3.63, 3.8) is 0 Å². The first-order chi connectivity index (χ1) is 33.4. The zero-order chi connectivity index (χ0) is 49.1. The Morgan fingerprint density at radius 1 is 0.486 bits per heavy atom. The highest BCUT2D eigenvalue weighted by molar-refractivity contribution is 6.09. The van der Waals surface area contributed by atoms with E-state index in [0.29, 0.717) is 26.9 Å². The molecule has 0 saturated carbocycles. The van der Waals surface area contributed by atoms with Gasteiger partial charge in [-0.05, 0) is 115 Å². The molecule has 2 atom stereocenters. The van der Waals surface area contributed by atoms with Gasteiger partial charge in [-0.3, -0.25) is 4.57 Å². The maximum absolute atomic E-state index is 7.30. The molecule has 0 bridgehead atoms. The fourth-order valence-corrected chi connectivity index (χ4v) is 11.2. The van der Waals surface area contributed by atoms with Crippen molar-refractivity contribution in [2.45, 2.75) is 112 Å². The van der Waals surface area contributed by atoms with Gasteiger partial charge in [-0.25, -0.2) is 4.98 Å². The van der Waals surface area contributed by atoms with E-state index in [1.54, 1.807) is 0 Å². The van der Waals surface area contributed by atoms with Crippen molar-refractivity contribution in [3.8, 4) is 39.6 Å². The molecule has 5 heteroatoms. The minimum Gasteiger partial charge on any atom is -0.457 e. The quantitative estimate of drug-likeness (QED) is 0.0776. The molecule has 5 nitrogen and oxygen atoms in total. The van der Waals surface area contributed by atoms with E-state index >= 15 is 0 Å². The molecule has 70 heavy (non-hydrogen) atoms. The fraction of sp³-hybridized carbons (Fsp3) is 0.262. The molecular weight excluding hydrogens is 853 g/mol. The summed E-state index contributed by atoms with van der Waals surface area (Å²) in [5.74, 6) is 3.52. The third kappa shape index (κ3) is 7.23. The van der Waals surface area contributed by atoms with Crippen LogP contribution in [0, 0.1) is 6.67 Å². The fourth-order valence-electron chi connectivity index (χ4n) is 11.2. The highest BCUT2D eigenvalue weighted by Crippen LogP contribution is 2.75.